The van der Waals surface area contributed by atoms with Crippen molar-refractivity contribution in [3.05, 3.63) is 51.7 Å². The van der Waals surface area contributed by atoms with E-state index in [0.29, 0.717) is 12.1 Å². The molecule has 6 heteroatoms. The monoisotopic (exact) mass is 235 g/mol. The highest BCUT2D eigenvalue weighted by Gasteiger charge is 2.17. The van der Waals surface area contributed by atoms with Gasteiger partial charge in [0.2, 0.25) is 11.7 Å². The van der Waals surface area contributed by atoms with Crippen molar-refractivity contribution in [1.29, 1.82) is 0 Å². The lowest BCUT2D eigenvalue weighted by Crippen LogP contribution is -2.09. The number of nitrogens with zero attached hydrogens (tertiary/aromatic N) is 1. The normalized spacial score (nSPS) is 10.5. The highest BCUT2D eigenvalue weighted by Crippen LogP contribution is 2.08. The summed E-state index contributed by atoms with van der Waals surface area (Å²) in [6.45, 7) is 1.80. The highest BCUT2D eigenvalue weighted by molar-refractivity contribution is 6.07. The van der Waals surface area contributed by atoms with Gasteiger partial charge in [-0.25, -0.2) is 9.78 Å². The minimum Gasteiger partial charge on any atom is -0.309 e. The van der Waals surface area contributed by atoms with Gasteiger partial charge in [0, 0.05) is 5.69 Å². The second-order valence-corrected chi connectivity index (χ2v) is 3.46. The van der Waals surface area contributed by atoms with E-state index in [-0.39, 0.29) is 11.4 Å². The summed E-state index contributed by atoms with van der Waals surface area (Å²) < 4.78 is 12.9. The maximum absolute atomic E-state index is 12.9. The number of aryl methyl sites for hydroxylation is 1. The van der Waals surface area contributed by atoms with Crippen molar-refractivity contribution in [1.82, 2.24) is 15.0 Å². The summed E-state index contributed by atoms with van der Waals surface area (Å²) >= 11 is 0. The van der Waals surface area contributed by atoms with E-state index in [1.165, 1.54) is 12.1 Å². The summed E-state index contributed by atoms with van der Waals surface area (Å²) in [5.74, 6) is -1.23. The Morgan fingerprint density at radius 1 is 1.41 bits per heavy atom. The number of hydrogen-bond donors (Lipinski definition) is 2. The van der Waals surface area contributed by atoms with Gasteiger partial charge in [0.25, 0.3) is 0 Å². The number of carbonyl (C=O) groups is 1. The predicted octanol–water partition coefficient (Wildman–Crippen LogP) is 1.03. The van der Waals surface area contributed by atoms with Crippen molar-refractivity contribution in [2.75, 3.05) is 0 Å². The van der Waals surface area contributed by atoms with Gasteiger partial charge in [0.1, 0.15) is 11.4 Å². The van der Waals surface area contributed by atoms with Gasteiger partial charge in [-0.2, -0.15) is 4.39 Å². The topological polar surface area (TPSA) is 78.6 Å². The first kappa shape index (κ1) is 11.3. The molecule has 0 aliphatic carbocycles. The third-order valence-electron chi connectivity index (χ3n) is 2.33. The first-order valence-corrected chi connectivity index (χ1v) is 5.10. The molecule has 2 rings (SSSR count). The molecule has 0 fully saturated rings. The Labute approximate surface area is 95.7 Å². The maximum atomic E-state index is 12.9. The van der Waals surface area contributed by atoms with Crippen molar-refractivity contribution >= 4 is 5.78 Å². The molecule has 0 radical (unpaired) electrons. The van der Waals surface area contributed by atoms with Crippen LogP contribution in [0.5, 0.6) is 0 Å². The number of pyridine rings is 1. The molecule has 0 aliphatic heterocycles. The Bertz CT molecular complexity index is 615. The molecule has 2 heterocycles. The van der Waals surface area contributed by atoms with Crippen LogP contribution < -0.4 is 5.69 Å². The van der Waals surface area contributed by atoms with Crippen LogP contribution in [0, 0.1) is 5.95 Å². The second-order valence-electron chi connectivity index (χ2n) is 3.46. The molecule has 0 unspecified atom stereocenters. The van der Waals surface area contributed by atoms with Gasteiger partial charge in [-0.05, 0) is 18.6 Å². The van der Waals surface area contributed by atoms with Crippen molar-refractivity contribution in [3.8, 4) is 0 Å². The minimum absolute atomic E-state index is 0.0325. The molecule has 0 aromatic carbocycles. The highest BCUT2D eigenvalue weighted by atomic mass is 19.1. The van der Waals surface area contributed by atoms with E-state index in [9.17, 15) is 14.0 Å². The number of rotatable bonds is 3. The third kappa shape index (κ3) is 2.15. The smallest absolute Gasteiger partial charge is 0.309 e. The zero-order valence-corrected chi connectivity index (χ0v) is 9.08. The summed E-state index contributed by atoms with van der Waals surface area (Å²) in [5, 5.41) is 0. The van der Waals surface area contributed by atoms with Crippen LogP contribution in [0.2, 0.25) is 0 Å². The molecule has 2 aromatic heterocycles. The van der Waals surface area contributed by atoms with Gasteiger partial charge in [0.05, 0.1) is 0 Å². The first-order valence-electron chi connectivity index (χ1n) is 5.10. The number of aromatic amines is 2. The average Bonchev–Trinajstić information content (AvgIpc) is 2.69. The van der Waals surface area contributed by atoms with Crippen LogP contribution in [-0.2, 0) is 6.42 Å². The summed E-state index contributed by atoms with van der Waals surface area (Å²) in [6.07, 6.45) is 0.495. The van der Waals surface area contributed by atoms with Crippen LogP contribution in [-0.4, -0.2) is 20.7 Å². The first-order chi connectivity index (χ1) is 8.11. The quantitative estimate of drug-likeness (QED) is 0.616. The van der Waals surface area contributed by atoms with Crippen molar-refractivity contribution in [2.45, 2.75) is 13.3 Å². The summed E-state index contributed by atoms with van der Waals surface area (Å²) in [6, 6.07) is 3.94. The fourth-order valence-electron chi connectivity index (χ4n) is 1.54. The maximum Gasteiger partial charge on any atom is 0.323 e. The standard InChI is InChI=1S/C11H10FN3O2/c1-2-6-9(15-11(17)14-6)10(16)7-4-3-5-8(12)13-7/h3-5H,2H2,1H3,(H2,14,15,17). The lowest BCUT2D eigenvalue weighted by atomic mass is 10.1. The van der Waals surface area contributed by atoms with Crippen LogP contribution in [0.15, 0.2) is 23.0 Å². The number of H-pyrrole nitrogens is 2. The molecule has 0 saturated carbocycles. The van der Waals surface area contributed by atoms with Crippen LogP contribution >= 0.6 is 0 Å². The van der Waals surface area contributed by atoms with E-state index in [1.807, 2.05) is 0 Å². The molecule has 0 bridgehead atoms. The fraction of sp³-hybridized carbons (Fsp3) is 0.182. The molecule has 0 spiro atoms. The SMILES string of the molecule is CCc1[nH]c(=O)[nH]c1C(=O)c1cccc(F)n1. The van der Waals surface area contributed by atoms with E-state index in [2.05, 4.69) is 15.0 Å². The lowest BCUT2D eigenvalue weighted by molar-refractivity contribution is 0.102. The van der Waals surface area contributed by atoms with Crippen LogP contribution in [0.1, 0.15) is 28.8 Å². The number of nitrogens with one attached hydrogen (secondary N) is 2. The molecule has 2 aromatic rings. The van der Waals surface area contributed by atoms with Gasteiger partial charge >= 0.3 is 5.69 Å². The van der Waals surface area contributed by atoms with Gasteiger partial charge in [0.15, 0.2) is 0 Å². The van der Waals surface area contributed by atoms with E-state index in [0.717, 1.165) is 6.07 Å². The van der Waals surface area contributed by atoms with Crippen molar-refractivity contribution < 1.29 is 9.18 Å². The molecular formula is C11H10FN3O2. The lowest BCUT2D eigenvalue weighted by Gasteiger charge is -1.99. The summed E-state index contributed by atoms with van der Waals surface area (Å²) in [5.41, 5.74) is 0.137. The predicted molar refractivity (Wildman–Crippen MR) is 58.4 cm³/mol. The van der Waals surface area contributed by atoms with Crippen LogP contribution in [0.25, 0.3) is 0 Å². The molecule has 0 aliphatic rings. The largest absolute Gasteiger partial charge is 0.323 e. The zero-order valence-electron chi connectivity index (χ0n) is 9.08. The van der Waals surface area contributed by atoms with Gasteiger partial charge in [-0.3, -0.25) is 4.79 Å². The fourth-order valence-corrected chi connectivity index (χ4v) is 1.54. The zero-order chi connectivity index (χ0) is 12.4. The molecular weight excluding hydrogens is 225 g/mol. The number of aromatic nitrogens is 3. The average molecular weight is 235 g/mol. The summed E-state index contributed by atoms with van der Waals surface area (Å²) in [4.78, 5) is 31.5. The number of carbonyl (C=O) groups excluding carboxylic acids is 1. The molecule has 2 N–H and O–H groups in total. The molecule has 0 amide bonds. The Balaban J connectivity index is 2.47. The number of imidazole rings is 1. The Kier molecular flexibility index (Phi) is 2.86. The number of ketones is 1. The molecule has 88 valence electrons. The van der Waals surface area contributed by atoms with Gasteiger partial charge < -0.3 is 9.97 Å². The minimum atomic E-state index is -0.730. The van der Waals surface area contributed by atoms with Crippen molar-refractivity contribution in [3.63, 3.8) is 0 Å². The van der Waals surface area contributed by atoms with Crippen LogP contribution in [0.3, 0.4) is 0 Å². The number of hydrogen-bond acceptors (Lipinski definition) is 3. The molecule has 17 heavy (non-hydrogen) atoms. The van der Waals surface area contributed by atoms with E-state index < -0.39 is 17.4 Å². The number of halogens is 1. The Hall–Kier alpha value is -2.24. The van der Waals surface area contributed by atoms with Crippen molar-refractivity contribution in [2.24, 2.45) is 0 Å². The van der Waals surface area contributed by atoms with Gasteiger partial charge in [-0.15, -0.1) is 0 Å². The Morgan fingerprint density at radius 2 is 2.18 bits per heavy atom. The molecule has 0 atom stereocenters. The molecule has 0 saturated heterocycles. The second kappa shape index (κ2) is 4.32. The van der Waals surface area contributed by atoms with E-state index in [1.54, 1.807) is 6.92 Å². The van der Waals surface area contributed by atoms with Crippen LogP contribution in [0.4, 0.5) is 4.39 Å². The van der Waals surface area contributed by atoms with Gasteiger partial charge in [-0.1, -0.05) is 13.0 Å². The third-order valence-corrected chi connectivity index (χ3v) is 2.33. The van der Waals surface area contributed by atoms with E-state index >= 15 is 0 Å². The Morgan fingerprint density at radius 3 is 2.82 bits per heavy atom. The molecule has 5 nitrogen and oxygen atoms in total. The van der Waals surface area contributed by atoms with E-state index in [4.69, 9.17) is 0 Å². The summed E-state index contributed by atoms with van der Waals surface area (Å²) in [7, 11) is 0.